The summed E-state index contributed by atoms with van der Waals surface area (Å²) in [6.07, 6.45) is 3.71. The molecule has 2 atom stereocenters. The SMILES string of the molecule is C=CCOC(CCCC)C(O)CNCCC(=O)O. The second-order valence-corrected chi connectivity index (χ2v) is 4.22. The van der Waals surface area contributed by atoms with E-state index in [4.69, 9.17) is 9.84 Å². The molecule has 5 heteroatoms. The van der Waals surface area contributed by atoms with Crippen molar-refractivity contribution in [3.05, 3.63) is 12.7 Å². The molecule has 0 heterocycles. The number of unbranched alkanes of at least 4 members (excludes halogenated alkanes) is 1. The molecule has 0 aliphatic carbocycles. The van der Waals surface area contributed by atoms with E-state index in [-0.39, 0.29) is 12.5 Å². The minimum absolute atomic E-state index is 0.0554. The summed E-state index contributed by atoms with van der Waals surface area (Å²) in [4.78, 5) is 10.3. The Morgan fingerprint density at radius 1 is 1.56 bits per heavy atom. The standard InChI is InChI=1S/C13H25NO4/c1-3-5-6-12(18-9-4-2)11(15)10-14-8-7-13(16)17/h4,11-12,14-15H,2-3,5-10H2,1H3,(H,16,17). The predicted molar refractivity (Wildman–Crippen MR) is 70.6 cm³/mol. The van der Waals surface area contributed by atoms with Crippen LogP contribution in [0.25, 0.3) is 0 Å². The van der Waals surface area contributed by atoms with Crippen LogP contribution in [0, 0.1) is 0 Å². The summed E-state index contributed by atoms with van der Waals surface area (Å²) in [5, 5.41) is 21.4. The van der Waals surface area contributed by atoms with Crippen LogP contribution in [0.15, 0.2) is 12.7 Å². The first kappa shape index (κ1) is 17.1. The Bertz CT molecular complexity index is 233. The lowest BCUT2D eigenvalue weighted by molar-refractivity contribution is -0.136. The van der Waals surface area contributed by atoms with Crippen LogP contribution >= 0.6 is 0 Å². The number of aliphatic hydroxyl groups excluding tert-OH is 1. The van der Waals surface area contributed by atoms with Crippen molar-refractivity contribution in [2.24, 2.45) is 0 Å². The van der Waals surface area contributed by atoms with E-state index < -0.39 is 12.1 Å². The second-order valence-electron chi connectivity index (χ2n) is 4.22. The third-order valence-electron chi connectivity index (χ3n) is 2.57. The van der Waals surface area contributed by atoms with Crippen molar-refractivity contribution in [3.8, 4) is 0 Å². The molecule has 18 heavy (non-hydrogen) atoms. The van der Waals surface area contributed by atoms with Crippen molar-refractivity contribution in [3.63, 3.8) is 0 Å². The van der Waals surface area contributed by atoms with Gasteiger partial charge in [0.1, 0.15) is 0 Å². The third kappa shape index (κ3) is 9.15. The van der Waals surface area contributed by atoms with Gasteiger partial charge in [-0.05, 0) is 6.42 Å². The first-order chi connectivity index (χ1) is 8.61. The highest BCUT2D eigenvalue weighted by Gasteiger charge is 2.18. The Morgan fingerprint density at radius 3 is 2.83 bits per heavy atom. The highest BCUT2D eigenvalue weighted by atomic mass is 16.5. The van der Waals surface area contributed by atoms with Gasteiger partial charge in [-0.1, -0.05) is 25.8 Å². The number of carboxylic acid groups (broad SMARTS) is 1. The van der Waals surface area contributed by atoms with E-state index >= 15 is 0 Å². The van der Waals surface area contributed by atoms with Crippen molar-refractivity contribution < 1.29 is 19.7 Å². The number of carbonyl (C=O) groups is 1. The van der Waals surface area contributed by atoms with Crippen LogP contribution in [0.5, 0.6) is 0 Å². The molecule has 5 nitrogen and oxygen atoms in total. The largest absolute Gasteiger partial charge is 0.481 e. The van der Waals surface area contributed by atoms with E-state index in [1.54, 1.807) is 6.08 Å². The number of rotatable bonds is 12. The quantitative estimate of drug-likeness (QED) is 0.362. The summed E-state index contributed by atoms with van der Waals surface area (Å²) in [6, 6.07) is 0. The van der Waals surface area contributed by atoms with E-state index in [1.807, 2.05) is 0 Å². The molecule has 0 spiro atoms. The Morgan fingerprint density at radius 2 is 2.28 bits per heavy atom. The second kappa shape index (κ2) is 11.2. The summed E-state index contributed by atoms with van der Waals surface area (Å²) in [5.41, 5.74) is 0. The van der Waals surface area contributed by atoms with Gasteiger partial charge in [0.15, 0.2) is 0 Å². The molecule has 0 aromatic rings. The van der Waals surface area contributed by atoms with Gasteiger partial charge in [-0.15, -0.1) is 6.58 Å². The zero-order valence-corrected chi connectivity index (χ0v) is 11.1. The minimum atomic E-state index is -0.845. The van der Waals surface area contributed by atoms with Gasteiger partial charge in [0.25, 0.3) is 0 Å². The summed E-state index contributed by atoms with van der Waals surface area (Å²) >= 11 is 0. The first-order valence-corrected chi connectivity index (χ1v) is 6.44. The number of aliphatic carboxylic acids is 1. The van der Waals surface area contributed by atoms with Crippen molar-refractivity contribution in [1.29, 1.82) is 0 Å². The number of hydrogen-bond donors (Lipinski definition) is 3. The van der Waals surface area contributed by atoms with Gasteiger partial charge in [-0.25, -0.2) is 0 Å². The molecule has 0 aromatic carbocycles. The topological polar surface area (TPSA) is 78.8 Å². The molecule has 0 aliphatic rings. The Labute approximate surface area is 109 Å². The average molecular weight is 259 g/mol. The van der Waals surface area contributed by atoms with Gasteiger partial charge in [-0.2, -0.15) is 0 Å². The fraction of sp³-hybridized carbons (Fsp3) is 0.769. The highest BCUT2D eigenvalue weighted by molar-refractivity contribution is 5.66. The van der Waals surface area contributed by atoms with Gasteiger partial charge in [0.05, 0.1) is 25.2 Å². The number of nitrogens with one attached hydrogen (secondary N) is 1. The molecule has 0 bridgehead atoms. The number of ether oxygens (including phenoxy) is 1. The van der Waals surface area contributed by atoms with Crippen molar-refractivity contribution in [1.82, 2.24) is 5.32 Å². The van der Waals surface area contributed by atoms with E-state index in [2.05, 4.69) is 18.8 Å². The summed E-state index contributed by atoms with van der Waals surface area (Å²) in [7, 11) is 0. The fourth-order valence-electron chi connectivity index (χ4n) is 1.56. The van der Waals surface area contributed by atoms with E-state index in [9.17, 15) is 9.90 Å². The molecule has 0 saturated heterocycles. The first-order valence-electron chi connectivity index (χ1n) is 6.44. The van der Waals surface area contributed by atoms with E-state index in [1.165, 1.54) is 0 Å². The predicted octanol–water partition coefficient (Wildman–Crippen LogP) is 1.17. The maximum atomic E-state index is 10.3. The van der Waals surface area contributed by atoms with Crippen LogP contribution in [-0.4, -0.2) is 48.1 Å². The van der Waals surface area contributed by atoms with Gasteiger partial charge >= 0.3 is 5.97 Å². The van der Waals surface area contributed by atoms with Gasteiger partial charge in [0.2, 0.25) is 0 Å². The molecule has 0 rings (SSSR count). The lowest BCUT2D eigenvalue weighted by Gasteiger charge is -2.23. The molecule has 106 valence electrons. The van der Waals surface area contributed by atoms with Crippen molar-refractivity contribution in [2.75, 3.05) is 19.7 Å². The normalized spacial score (nSPS) is 14.1. The monoisotopic (exact) mass is 259 g/mol. The molecule has 0 saturated carbocycles. The van der Waals surface area contributed by atoms with Crippen molar-refractivity contribution >= 4 is 5.97 Å². The molecule has 0 fully saturated rings. The van der Waals surface area contributed by atoms with Crippen LogP contribution in [0.1, 0.15) is 32.6 Å². The number of hydrogen-bond acceptors (Lipinski definition) is 4. The summed E-state index contributed by atoms with van der Waals surface area (Å²) in [6.45, 7) is 6.78. The van der Waals surface area contributed by atoms with Crippen molar-refractivity contribution in [2.45, 2.75) is 44.8 Å². The Hall–Kier alpha value is -0.910. The van der Waals surface area contributed by atoms with Crippen LogP contribution in [0.4, 0.5) is 0 Å². The molecule has 2 unspecified atom stereocenters. The third-order valence-corrected chi connectivity index (χ3v) is 2.57. The molecule has 0 aromatic heterocycles. The van der Waals surface area contributed by atoms with E-state index in [0.29, 0.717) is 19.7 Å². The number of aliphatic hydroxyl groups is 1. The molecular formula is C13H25NO4. The maximum Gasteiger partial charge on any atom is 0.304 e. The van der Waals surface area contributed by atoms with Crippen LogP contribution in [0.3, 0.4) is 0 Å². The zero-order valence-electron chi connectivity index (χ0n) is 11.1. The molecule has 3 N–H and O–H groups in total. The minimum Gasteiger partial charge on any atom is -0.481 e. The summed E-state index contributed by atoms with van der Waals surface area (Å²) < 4.78 is 5.51. The average Bonchev–Trinajstić information content (AvgIpc) is 2.34. The molecule has 0 amide bonds. The smallest absolute Gasteiger partial charge is 0.304 e. The summed E-state index contributed by atoms with van der Waals surface area (Å²) in [5.74, 6) is -0.845. The van der Waals surface area contributed by atoms with Gasteiger partial charge < -0.3 is 20.3 Å². The van der Waals surface area contributed by atoms with Crippen LogP contribution in [-0.2, 0) is 9.53 Å². The maximum absolute atomic E-state index is 10.3. The lowest BCUT2D eigenvalue weighted by Crippen LogP contribution is -2.38. The van der Waals surface area contributed by atoms with Crippen LogP contribution in [0.2, 0.25) is 0 Å². The fourth-order valence-corrected chi connectivity index (χ4v) is 1.56. The van der Waals surface area contributed by atoms with Crippen LogP contribution < -0.4 is 5.32 Å². The number of carboxylic acids is 1. The lowest BCUT2D eigenvalue weighted by atomic mass is 10.1. The highest BCUT2D eigenvalue weighted by Crippen LogP contribution is 2.09. The van der Waals surface area contributed by atoms with Gasteiger partial charge in [-0.3, -0.25) is 4.79 Å². The zero-order chi connectivity index (χ0) is 13.8. The Balaban J connectivity index is 3.90. The van der Waals surface area contributed by atoms with E-state index in [0.717, 1.165) is 19.3 Å². The van der Waals surface area contributed by atoms with Gasteiger partial charge in [0, 0.05) is 13.1 Å². The Kier molecular flexibility index (Phi) is 10.6. The molecular weight excluding hydrogens is 234 g/mol. The molecule has 0 aliphatic heterocycles. The molecule has 0 radical (unpaired) electrons.